The van der Waals surface area contributed by atoms with Crippen LogP contribution in [0.15, 0.2) is 0 Å². The standard InChI is InChI=1S/C11H20N2.Ru/c1-8(2)12-7-13(9(3)4)11(6)10(12)5;/h8-9H,1-6H3;/q;+1. The van der Waals surface area contributed by atoms with Crippen molar-refractivity contribution in [3.8, 4) is 0 Å². The quantitative estimate of drug-likeness (QED) is 0.447. The molecule has 81 valence electrons. The Morgan fingerprint density at radius 3 is 1.86 bits per heavy atom. The predicted molar refractivity (Wildman–Crippen MR) is 53.7 cm³/mol. The fraction of sp³-hybridized carbons (Fsp3) is 0.727. The van der Waals surface area contributed by atoms with Crippen molar-refractivity contribution in [2.75, 3.05) is 0 Å². The van der Waals surface area contributed by atoms with Gasteiger partial charge in [0.1, 0.15) is 0 Å². The van der Waals surface area contributed by atoms with E-state index in [0.717, 1.165) is 0 Å². The van der Waals surface area contributed by atoms with E-state index >= 15 is 0 Å². The second-order valence-corrected chi connectivity index (χ2v) is 4.20. The molecule has 3 heteroatoms. The minimum absolute atomic E-state index is 0. The van der Waals surface area contributed by atoms with Gasteiger partial charge in [-0.15, -0.1) is 0 Å². The first kappa shape index (κ1) is 13.8. The molecule has 1 heterocycles. The Bertz CT molecular complexity index is 272. The maximum Gasteiger partial charge on any atom is 1.00 e. The van der Waals surface area contributed by atoms with Gasteiger partial charge < -0.3 is 9.13 Å². The van der Waals surface area contributed by atoms with Gasteiger partial charge in [0.2, 0.25) is 6.33 Å². The number of hydrogen-bond donors (Lipinski definition) is 0. The second-order valence-electron chi connectivity index (χ2n) is 4.20. The molecule has 0 saturated carbocycles. The zero-order valence-corrected chi connectivity index (χ0v) is 11.6. The first-order chi connectivity index (χ1) is 5.95. The minimum Gasteiger partial charge on any atom is -0.346 e. The van der Waals surface area contributed by atoms with Crippen molar-refractivity contribution in [3.05, 3.63) is 17.7 Å². The molecule has 0 spiro atoms. The topological polar surface area (TPSA) is 8.81 Å². The van der Waals surface area contributed by atoms with Crippen LogP contribution in [0.3, 0.4) is 0 Å². The summed E-state index contributed by atoms with van der Waals surface area (Å²) in [7, 11) is 0. The predicted octanol–water partition coefficient (Wildman–Crippen LogP) is 2.35. The molecule has 0 amide bonds. The van der Waals surface area contributed by atoms with Crippen molar-refractivity contribution in [3.63, 3.8) is 0 Å². The number of aromatic nitrogens is 2. The average molecular weight is 281 g/mol. The zero-order chi connectivity index (χ0) is 10.2. The number of hydrogen-bond acceptors (Lipinski definition) is 0. The molecule has 0 aliphatic heterocycles. The molecule has 0 atom stereocenters. The van der Waals surface area contributed by atoms with E-state index in [-0.39, 0.29) is 19.5 Å². The molecular formula is C11H20N2Ru+. The van der Waals surface area contributed by atoms with Crippen LogP contribution >= 0.6 is 0 Å². The maximum absolute atomic E-state index is 3.38. The van der Waals surface area contributed by atoms with Crippen LogP contribution in [-0.4, -0.2) is 4.57 Å². The van der Waals surface area contributed by atoms with Crippen molar-refractivity contribution >= 4 is 0 Å². The number of nitrogens with zero attached hydrogens (tertiary/aromatic N) is 2. The fourth-order valence-electron chi connectivity index (χ4n) is 1.62. The molecule has 0 unspecified atom stereocenters. The molecule has 1 radical (unpaired) electrons. The Morgan fingerprint density at radius 2 is 1.64 bits per heavy atom. The third kappa shape index (κ3) is 2.44. The van der Waals surface area contributed by atoms with Gasteiger partial charge in [-0.2, -0.15) is 0 Å². The Balaban J connectivity index is 0.00000169. The summed E-state index contributed by atoms with van der Waals surface area (Å²) < 4.78 is 4.41. The Labute approximate surface area is 100 Å². The number of rotatable bonds is 2. The van der Waals surface area contributed by atoms with Crippen LogP contribution < -0.4 is 4.57 Å². The van der Waals surface area contributed by atoms with E-state index in [1.165, 1.54) is 11.4 Å². The maximum atomic E-state index is 3.38. The normalized spacial score (nSPS) is 10.9. The molecule has 14 heavy (non-hydrogen) atoms. The van der Waals surface area contributed by atoms with Crippen LogP contribution in [0.5, 0.6) is 0 Å². The fourth-order valence-corrected chi connectivity index (χ4v) is 1.62. The summed E-state index contributed by atoms with van der Waals surface area (Å²) in [5.74, 6) is 0. The summed E-state index contributed by atoms with van der Waals surface area (Å²) in [6, 6.07) is 0.998. The summed E-state index contributed by atoms with van der Waals surface area (Å²) in [4.78, 5) is 0. The van der Waals surface area contributed by atoms with Gasteiger partial charge in [-0.05, 0) is 39.1 Å². The van der Waals surface area contributed by atoms with E-state index in [4.69, 9.17) is 0 Å². The van der Waals surface area contributed by atoms with Crippen LogP contribution in [0.25, 0.3) is 0 Å². The van der Waals surface area contributed by atoms with E-state index in [1.54, 1.807) is 0 Å². The van der Waals surface area contributed by atoms with Gasteiger partial charge in [-0.25, -0.2) is 0 Å². The third-order valence-corrected chi connectivity index (χ3v) is 2.49. The van der Waals surface area contributed by atoms with Crippen molar-refractivity contribution < 1.29 is 24.0 Å². The molecule has 1 rings (SSSR count). The Hall–Kier alpha value is -0.167. The first-order valence-electron chi connectivity index (χ1n) is 4.97. The van der Waals surface area contributed by atoms with Gasteiger partial charge in [0, 0.05) is 0 Å². The van der Waals surface area contributed by atoms with Gasteiger partial charge >= 0.3 is 19.5 Å². The molecule has 2 nitrogen and oxygen atoms in total. The van der Waals surface area contributed by atoms with E-state index < -0.39 is 0 Å². The molecule has 0 saturated heterocycles. The Morgan fingerprint density at radius 1 is 1.14 bits per heavy atom. The Kier molecular flexibility index (Phi) is 5.01. The van der Waals surface area contributed by atoms with Gasteiger partial charge in [0.15, 0.2) is 0 Å². The van der Waals surface area contributed by atoms with Crippen LogP contribution in [0.4, 0.5) is 0 Å². The molecular weight excluding hydrogens is 261 g/mol. The molecule has 1 aromatic heterocycles. The summed E-state index contributed by atoms with van der Waals surface area (Å²) in [5, 5.41) is 0. The van der Waals surface area contributed by atoms with Crippen LogP contribution in [0.1, 0.15) is 51.2 Å². The molecule has 0 aliphatic rings. The van der Waals surface area contributed by atoms with Gasteiger partial charge in [-0.1, -0.05) is 13.8 Å². The number of imidazole rings is 1. The summed E-state index contributed by atoms with van der Waals surface area (Å²) in [5.41, 5.74) is 2.65. The van der Waals surface area contributed by atoms with E-state index in [0.29, 0.717) is 12.1 Å². The van der Waals surface area contributed by atoms with E-state index in [9.17, 15) is 0 Å². The SMILES string of the molecule is Cc1c(C)[n+](C(C)C)[c-]n1C(C)C.[Ru+]. The van der Waals surface area contributed by atoms with E-state index in [1.807, 2.05) is 0 Å². The second kappa shape index (κ2) is 5.07. The van der Waals surface area contributed by atoms with E-state index in [2.05, 4.69) is 57.0 Å². The summed E-state index contributed by atoms with van der Waals surface area (Å²) >= 11 is 0. The first-order valence-corrected chi connectivity index (χ1v) is 4.97. The molecule has 0 aromatic carbocycles. The largest absolute Gasteiger partial charge is 1.00 e. The average Bonchev–Trinajstić information content (AvgIpc) is 2.29. The third-order valence-electron chi connectivity index (χ3n) is 2.49. The minimum atomic E-state index is 0. The molecule has 0 N–H and O–H groups in total. The summed E-state index contributed by atoms with van der Waals surface area (Å²) in [6.45, 7) is 13.1. The van der Waals surface area contributed by atoms with Gasteiger partial charge in [-0.3, -0.25) is 0 Å². The van der Waals surface area contributed by atoms with Crippen LogP contribution in [-0.2, 0) is 19.5 Å². The molecule has 0 aliphatic carbocycles. The van der Waals surface area contributed by atoms with Crippen molar-refractivity contribution in [1.82, 2.24) is 4.57 Å². The van der Waals surface area contributed by atoms with Crippen molar-refractivity contribution in [2.24, 2.45) is 0 Å². The smallest absolute Gasteiger partial charge is 0.346 e. The van der Waals surface area contributed by atoms with Crippen molar-refractivity contribution in [1.29, 1.82) is 0 Å². The molecule has 1 aromatic rings. The van der Waals surface area contributed by atoms with Gasteiger partial charge in [0.25, 0.3) is 0 Å². The summed E-state index contributed by atoms with van der Waals surface area (Å²) in [6.07, 6.45) is 3.38. The van der Waals surface area contributed by atoms with Gasteiger partial charge in [0.05, 0.1) is 12.1 Å². The monoisotopic (exact) mass is 282 g/mol. The van der Waals surface area contributed by atoms with Crippen molar-refractivity contribution in [2.45, 2.75) is 53.6 Å². The molecule has 0 fully saturated rings. The molecule has 0 bridgehead atoms. The van der Waals surface area contributed by atoms with Crippen LogP contribution in [0, 0.1) is 20.2 Å². The van der Waals surface area contributed by atoms with Crippen LogP contribution in [0.2, 0.25) is 0 Å². The zero-order valence-electron chi connectivity index (χ0n) is 9.90.